The molecule has 0 radical (unpaired) electrons. The van der Waals surface area contributed by atoms with Crippen LogP contribution in [0, 0.1) is 0 Å². The number of hydrazine groups is 1. The van der Waals surface area contributed by atoms with Crippen molar-refractivity contribution < 1.29 is 9.53 Å². The molecule has 0 spiro atoms. The second-order valence-electron chi connectivity index (χ2n) is 5.05. The van der Waals surface area contributed by atoms with Gasteiger partial charge in [0.15, 0.2) is 0 Å². The highest BCUT2D eigenvalue weighted by Crippen LogP contribution is 2.16. The number of amides is 1. The van der Waals surface area contributed by atoms with Gasteiger partial charge in [0.2, 0.25) is 0 Å². The molecular formula is C14H22N4O2. The molecule has 3 N–H and O–H groups in total. The van der Waals surface area contributed by atoms with Crippen LogP contribution in [-0.2, 0) is 11.2 Å². The van der Waals surface area contributed by atoms with Crippen molar-refractivity contribution in [3.63, 3.8) is 0 Å². The van der Waals surface area contributed by atoms with Crippen molar-refractivity contribution in [2.24, 2.45) is 5.84 Å². The molecule has 0 saturated carbocycles. The van der Waals surface area contributed by atoms with Gasteiger partial charge in [0.25, 0.3) is 5.91 Å². The number of nitrogens with two attached hydrogens (primary N) is 1. The standard InChI is InChI=1S/C14H22N4O2/c1-3-4-12-7-11(8-13(16-12)17-15)14(19)18-5-6-20-9-10(18)2/h7-8,10H,3-6,9,15H2,1-2H3,(H,16,17). The number of nitrogens with zero attached hydrogens (tertiary/aromatic N) is 2. The third-order valence-electron chi connectivity index (χ3n) is 3.41. The molecule has 2 heterocycles. The number of rotatable bonds is 4. The fraction of sp³-hybridized carbons (Fsp3) is 0.571. The number of morpholine rings is 1. The fourth-order valence-electron chi connectivity index (χ4n) is 2.36. The maximum atomic E-state index is 12.6. The first-order valence-corrected chi connectivity index (χ1v) is 7.02. The summed E-state index contributed by atoms with van der Waals surface area (Å²) >= 11 is 0. The number of nitrogens with one attached hydrogen (secondary N) is 1. The summed E-state index contributed by atoms with van der Waals surface area (Å²) < 4.78 is 5.37. The van der Waals surface area contributed by atoms with Crippen molar-refractivity contribution in [3.05, 3.63) is 23.4 Å². The van der Waals surface area contributed by atoms with Gasteiger partial charge in [-0.2, -0.15) is 0 Å². The molecule has 0 aromatic carbocycles. The van der Waals surface area contributed by atoms with Gasteiger partial charge in [-0.25, -0.2) is 10.8 Å². The molecule has 0 bridgehead atoms. The van der Waals surface area contributed by atoms with Crippen molar-refractivity contribution in [1.29, 1.82) is 0 Å². The number of hydrogen-bond acceptors (Lipinski definition) is 5. The molecule has 1 fully saturated rings. The van der Waals surface area contributed by atoms with E-state index in [4.69, 9.17) is 10.6 Å². The molecule has 1 aliphatic rings. The predicted octanol–water partition coefficient (Wildman–Crippen LogP) is 1.18. The van der Waals surface area contributed by atoms with Crippen molar-refractivity contribution in [2.45, 2.75) is 32.7 Å². The number of anilines is 1. The van der Waals surface area contributed by atoms with Crippen LogP contribution in [0.3, 0.4) is 0 Å². The lowest BCUT2D eigenvalue weighted by Crippen LogP contribution is -2.47. The van der Waals surface area contributed by atoms with Gasteiger partial charge >= 0.3 is 0 Å². The van der Waals surface area contributed by atoms with Crippen molar-refractivity contribution in [3.8, 4) is 0 Å². The number of carbonyl (C=O) groups excluding carboxylic acids is 1. The molecular weight excluding hydrogens is 256 g/mol. The fourth-order valence-corrected chi connectivity index (χ4v) is 2.36. The van der Waals surface area contributed by atoms with Gasteiger partial charge in [-0.1, -0.05) is 13.3 Å². The van der Waals surface area contributed by atoms with Crippen LogP contribution in [-0.4, -0.2) is 41.6 Å². The number of ether oxygens (including phenoxy) is 1. The molecule has 1 aliphatic heterocycles. The number of carbonyl (C=O) groups is 1. The smallest absolute Gasteiger partial charge is 0.254 e. The highest BCUT2D eigenvalue weighted by molar-refractivity contribution is 5.95. The first-order chi connectivity index (χ1) is 9.65. The zero-order valence-electron chi connectivity index (χ0n) is 12.1. The Morgan fingerprint density at radius 3 is 3.05 bits per heavy atom. The lowest BCUT2D eigenvalue weighted by molar-refractivity contribution is 0.00358. The number of aryl methyl sites for hydroxylation is 1. The molecule has 1 saturated heterocycles. The van der Waals surface area contributed by atoms with Crippen LogP contribution in [0.15, 0.2) is 12.1 Å². The highest BCUT2D eigenvalue weighted by Gasteiger charge is 2.25. The van der Waals surface area contributed by atoms with Gasteiger partial charge in [-0.05, 0) is 25.5 Å². The number of pyridine rings is 1. The van der Waals surface area contributed by atoms with Crippen molar-refractivity contribution in [2.75, 3.05) is 25.2 Å². The predicted molar refractivity (Wildman–Crippen MR) is 77.4 cm³/mol. The van der Waals surface area contributed by atoms with E-state index in [0.717, 1.165) is 18.5 Å². The lowest BCUT2D eigenvalue weighted by atomic mass is 10.1. The van der Waals surface area contributed by atoms with E-state index in [2.05, 4.69) is 17.3 Å². The van der Waals surface area contributed by atoms with E-state index in [0.29, 0.717) is 31.1 Å². The Morgan fingerprint density at radius 2 is 2.40 bits per heavy atom. The van der Waals surface area contributed by atoms with E-state index in [1.807, 2.05) is 17.9 Å². The van der Waals surface area contributed by atoms with Crippen LogP contribution in [0.2, 0.25) is 0 Å². The first-order valence-electron chi connectivity index (χ1n) is 7.02. The van der Waals surface area contributed by atoms with Crippen LogP contribution in [0.5, 0.6) is 0 Å². The molecule has 110 valence electrons. The number of aromatic nitrogens is 1. The summed E-state index contributed by atoms with van der Waals surface area (Å²) in [5, 5.41) is 0. The summed E-state index contributed by atoms with van der Waals surface area (Å²) in [4.78, 5) is 18.8. The van der Waals surface area contributed by atoms with E-state index < -0.39 is 0 Å². The molecule has 6 heteroatoms. The Balaban J connectivity index is 2.25. The molecule has 2 rings (SSSR count). The Bertz CT molecular complexity index is 478. The Labute approximate surface area is 119 Å². The van der Waals surface area contributed by atoms with E-state index in [-0.39, 0.29) is 11.9 Å². The van der Waals surface area contributed by atoms with E-state index in [1.54, 1.807) is 6.07 Å². The SMILES string of the molecule is CCCc1cc(C(=O)N2CCOCC2C)cc(NN)n1. The summed E-state index contributed by atoms with van der Waals surface area (Å²) in [6.07, 6.45) is 1.80. The van der Waals surface area contributed by atoms with E-state index in [1.165, 1.54) is 0 Å². The molecule has 20 heavy (non-hydrogen) atoms. The Morgan fingerprint density at radius 1 is 1.60 bits per heavy atom. The summed E-state index contributed by atoms with van der Waals surface area (Å²) in [7, 11) is 0. The Kier molecular flexibility index (Phi) is 4.92. The molecule has 1 unspecified atom stereocenters. The van der Waals surface area contributed by atoms with Gasteiger partial charge in [0.1, 0.15) is 5.82 Å². The third-order valence-corrected chi connectivity index (χ3v) is 3.41. The summed E-state index contributed by atoms with van der Waals surface area (Å²) in [5.41, 5.74) is 4.04. The first kappa shape index (κ1) is 14.7. The largest absolute Gasteiger partial charge is 0.377 e. The van der Waals surface area contributed by atoms with Crippen LogP contribution < -0.4 is 11.3 Å². The average Bonchev–Trinajstić information content (AvgIpc) is 2.47. The lowest BCUT2D eigenvalue weighted by Gasteiger charge is -2.33. The minimum Gasteiger partial charge on any atom is -0.377 e. The summed E-state index contributed by atoms with van der Waals surface area (Å²) in [6, 6.07) is 3.65. The minimum absolute atomic E-state index is 0.0112. The van der Waals surface area contributed by atoms with Crippen LogP contribution in [0.25, 0.3) is 0 Å². The molecule has 1 atom stereocenters. The monoisotopic (exact) mass is 278 g/mol. The molecule has 1 aromatic rings. The molecule has 6 nitrogen and oxygen atoms in total. The second kappa shape index (κ2) is 6.67. The molecule has 1 amide bonds. The maximum Gasteiger partial charge on any atom is 0.254 e. The van der Waals surface area contributed by atoms with Gasteiger partial charge < -0.3 is 15.1 Å². The van der Waals surface area contributed by atoms with Gasteiger partial charge in [-0.15, -0.1) is 0 Å². The minimum atomic E-state index is 0.0112. The second-order valence-corrected chi connectivity index (χ2v) is 5.05. The average molecular weight is 278 g/mol. The topological polar surface area (TPSA) is 80.5 Å². The van der Waals surface area contributed by atoms with E-state index >= 15 is 0 Å². The molecule has 0 aliphatic carbocycles. The van der Waals surface area contributed by atoms with Crippen molar-refractivity contribution >= 4 is 11.7 Å². The number of hydrogen-bond donors (Lipinski definition) is 2. The Hall–Kier alpha value is -1.66. The molecule has 1 aromatic heterocycles. The zero-order chi connectivity index (χ0) is 14.5. The van der Waals surface area contributed by atoms with Crippen LogP contribution in [0.4, 0.5) is 5.82 Å². The zero-order valence-corrected chi connectivity index (χ0v) is 12.1. The highest BCUT2D eigenvalue weighted by atomic mass is 16.5. The van der Waals surface area contributed by atoms with Crippen LogP contribution >= 0.6 is 0 Å². The summed E-state index contributed by atoms with van der Waals surface area (Å²) in [5.74, 6) is 5.97. The number of nitrogen functional groups attached to an aromatic ring is 1. The van der Waals surface area contributed by atoms with Gasteiger partial charge in [0, 0.05) is 17.8 Å². The van der Waals surface area contributed by atoms with Gasteiger partial charge in [0.05, 0.1) is 19.3 Å². The van der Waals surface area contributed by atoms with Gasteiger partial charge in [-0.3, -0.25) is 4.79 Å². The van der Waals surface area contributed by atoms with E-state index in [9.17, 15) is 4.79 Å². The summed E-state index contributed by atoms with van der Waals surface area (Å²) in [6.45, 7) is 5.87. The quantitative estimate of drug-likeness (QED) is 0.638. The van der Waals surface area contributed by atoms with Crippen molar-refractivity contribution in [1.82, 2.24) is 9.88 Å². The maximum absolute atomic E-state index is 12.6. The van der Waals surface area contributed by atoms with Crippen LogP contribution in [0.1, 0.15) is 36.3 Å². The third kappa shape index (κ3) is 3.26. The normalized spacial score (nSPS) is 18.9.